The molecule has 0 aliphatic carbocycles. The van der Waals surface area contributed by atoms with Gasteiger partial charge >= 0.3 is 10.2 Å². The maximum absolute atomic E-state index is 14.3. The maximum Gasteiger partial charge on any atom is 0.304 e. The number of rotatable bonds is 13. The Kier molecular flexibility index (Phi) is 11.8. The molecule has 11 heteroatoms. The summed E-state index contributed by atoms with van der Waals surface area (Å²) in [6.45, 7) is 5.46. The van der Waals surface area contributed by atoms with Gasteiger partial charge < -0.3 is 10.2 Å². The summed E-state index contributed by atoms with van der Waals surface area (Å²) in [5.74, 6) is -0.896. The van der Waals surface area contributed by atoms with Crippen LogP contribution < -0.4 is 9.62 Å². The topological polar surface area (TPSA) is 90.0 Å². The van der Waals surface area contributed by atoms with Crippen molar-refractivity contribution in [2.24, 2.45) is 0 Å². The van der Waals surface area contributed by atoms with Crippen LogP contribution in [-0.4, -0.2) is 62.7 Å². The van der Waals surface area contributed by atoms with Gasteiger partial charge in [-0.15, -0.1) is 0 Å². The molecule has 3 aromatic rings. The van der Waals surface area contributed by atoms with Gasteiger partial charge in [-0.1, -0.05) is 78.7 Å². The Morgan fingerprint density at radius 2 is 1.64 bits per heavy atom. The van der Waals surface area contributed by atoms with Crippen LogP contribution in [0.5, 0.6) is 0 Å². The van der Waals surface area contributed by atoms with Gasteiger partial charge in [-0.25, -0.2) is 4.31 Å². The van der Waals surface area contributed by atoms with E-state index in [1.165, 1.54) is 19.0 Å². The Balaban J connectivity index is 2.14. The van der Waals surface area contributed by atoms with Crippen molar-refractivity contribution in [1.82, 2.24) is 14.5 Å². The number of amides is 2. The monoisotopic (exact) mass is 632 g/mol. The summed E-state index contributed by atoms with van der Waals surface area (Å²) in [7, 11) is -1.26. The van der Waals surface area contributed by atoms with E-state index >= 15 is 0 Å². The number of hydrogen-bond donors (Lipinski definition) is 1. The first-order chi connectivity index (χ1) is 19.8. The molecule has 0 saturated carbocycles. The van der Waals surface area contributed by atoms with E-state index in [2.05, 4.69) is 5.32 Å². The SMILES string of the molecule is CCCNC(=O)C(Cc1ccccc1)N(Cc1ccc(Cl)cc1Cl)C(=O)CN(c1cc(C)ccc1C)S(=O)(=O)N(C)C. The summed E-state index contributed by atoms with van der Waals surface area (Å²) in [6.07, 6.45) is 0.930. The second-order valence-electron chi connectivity index (χ2n) is 10.3. The average molecular weight is 634 g/mol. The molecule has 0 saturated heterocycles. The second kappa shape index (κ2) is 14.9. The predicted molar refractivity (Wildman–Crippen MR) is 170 cm³/mol. The van der Waals surface area contributed by atoms with Gasteiger partial charge in [0.15, 0.2) is 0 Å². The van der Waals surface area contributed by atoms with Gasteiger partial charge in [0.2, 0.25) is 11.8 Å². The van der Waals surface area contributed by atoms with Crippen LogP contribution in [0.4, 0.5) is 5.69 Å². The van der Waals surface area contributed by atoms with Crippen LogP contribution in [0.3, 0.4) is 0 Å². The van der Waals surface area contributed by atoms with Crippen LogP contribution >= 0.6 is 23.2 Å². The van der Waals surface area contributed by atoms with Crippen molar-refractivity contribution in [3.63, 3.8) is 0 Å². The molecule has 0 heterocycles. The smallest absolute Gasteiger partial charge is 0.304 e. The van der Waals surface area contributed by atoms with E-state index in [0.717, 1.165) is 19.7 Å². The van der Waals surface area contributed by atoms with Crippen molar-refractivity contribution in [3.05, 3.63) is 99.0 Å². The molecule has 0 aromatic heterocycles. The highest BCUT2D eigenvalue weighted by atomic mass is 35.5. The van der Waals surface area contributed by atoms with E-state index in [4.69, 9.17) is 23.2 Å². The molecule has 2 amide bonds. The lowest BCUT2D eigenvalue weighted by atomic mass is 10.0. The fourth-order valence-electron chi connectivity index (χ4n) is 4.44. The Labute approximate surface area is 259 Å². The van der Waals surface area contributed by atoms with E-state index in [0.29, 0.717) is 39.8 Å². The molecule has 0 aliphatic rings. The van der Waals surface area contributed by atoms with Crippen LogP contribution in [0.15, 0.2) is 66.7 Å². The number of halogens is 2. The van der Waals surface area contributed by atoms with Crippen molar-refractivity contribution in [2.45, 2.75) is 46.2 Å². The Morgan fingerprint density at radius 3 is 2.26 bits per heavy atom. The van der Waals surface area contributed by atoms with Crippen LogP contribution in [0, 0.1) is 13.8 Å². The molecule has 3 aromatic carbocycles. The number of carbonyl (C=O) groups excluding carboxylic acids is 2. The summed E-state index contributed by atoms with van der Waals surface area (Å²) in [5, 5.41) is 3.69. The zero-order valence-corrected chi connectivity index (χ0v) is 26.9. The Hall–Kier alpha value is -3.11. The molecule has 1 atom stereocenters. The standard InChI is InChI=1S/C31H38Cl2N4O4S/c1-6-16-34-31(39)29(18-24-10-8-7-9-11-24)36(20-25-14-15-26(32)19-27(25)33)30(38)21-37(42(40,41)35(4)5)28-17-22(2)12-13-23(28)3/h7-15,17,19,29H,6,16,18,20-21H2,1-5H3,(H,34,39). The Bertz CT molecular complexity index is 1500. The highest BCUT2D eigenvalue weighted by Crippen LogP contribution is 2.28. The maximum atomic E-state index is 14.3. The molecule has 3 rings (SSSR count). The fraction of sp³-hybridized carbons (Fsp3) is 0.355. The Morgan fingerprint density at radius 1 is 0.952 bits per heavy atom. The molecule has 42 heavy (non-hydrogen) atoms. The van der Waals surface area contributed by atoms with E-state index in [1.54, 1.807) is 31.2 Å². The van der Waals surface area contributed by atoms with Gasteiger partial charge in [0.05, 0.1) is 5.69 Å². The van der Waals surface area contributed by atoms with E-state index in [1.807, 2.05) is 56.3 Å². The summed E-state index contributed by atoms with van der Waals surface area (Å²) in [4.78, 5) is 29.4. The van der Waals surface area contributed by atoms with Crippen LogP contribution in [0.1, 0.15) is 35.6 Å². The summed E-state index contributed by atoms with van der Waals surface area (Å²) in [6, 6.07) is 18.8. The first-order valence-corrected chi connectivity index (χ1v) is 15.8. The highest BCUT2D eigenvalue weighted by Gasteiger charge is 2.35. The zero-order chi connectivity index (χ0) is 31.0. The molecule has 8 nitrogen and oxygen atoms in total. The van der Waals surface area contributed by atoms with Gasteiger partial charge in [-0.05, 0) is 60.7 Å². The van der Waals surface area contributed by atoms with Crippen molar-refractivity contribution in [3.8, 4) is 0 Å². The summed E-state index contributed by atoms with van der Waals surface area (Å²) >= 11 is 12.7. The first-order valence-electron chi connectivity index (χ1n) is 13.7. The van der Waals surface area contributed by atoms with Crippen LogP contribution in [0.2, 0.25) is 10.0 Å². The minimum Gasteiger partial charge on any atom is -0.354 e. The minimum atomic E-state index is -4.09. The fourth-order valence-corrected chi connectivity index (χ4v) is 6.02. The van der Waals surface area contributed by atoms with Gasteiger partial charge in [-0.3, -0.25) is 9.59 Å². The summed E-state index contributed by atoms with van der Waals surface area (Å²) < 4.78 is 29.4. The van der Waals surface area contributed by atoms with E-state index in [-0.39, 0.29) is 18.9 Å². The number of benzene rings is 3. The molecule has 0 bridgehead atoms. The predicted octanol–water partition coefficient (Wildman–Crippen LogP) is 5.39. The molecule has 1 N–H and O–H groups in total. The molecule has 226 valence electrons. The second-order valence-corrected chi connectivity index (χ2v) is 13.3. The van der Waals surface area contributed by atoms with Gasteiger partial charge in [0.1, 0.15) is 12.6 Å². The lowest BCUT2D eigenvalue weighted by molar-refractivity contribution is -0.140. The molecule has 0 aliphatic heterocycles. The number of nitrogens with zero attached hydrogens (tertiary/aromatic N) is 3. The van der Waals surface area contributed by atoms with Gasteiger partial charge in [-0.2, -0.15) is 12.7 Å². The largest absolute Gasteiger partial charge is 0.354 e. The number of nitrogens with one attached hydrogen (secondary N) is 1. The van der Waals surface area contributed by atoms with Gasteiger partial charge in [0.25, 0.3) is 0 Å². The van der Waals surface area contributed by atoms with Crippen LogP contribution in [-0.2, 0) is 32.8 Å². The lowest BCUT2D eigenvalue weighted by Gasteiger charge is -2.35. The minimum absolute atomic E-state index is 0.0332. The third kappa shape index (κ3) is 8.47. The van der Waals surface area contributed by atoms with E-state index < -0.39 is 28.7 Å². The van der Waals surface area contributed by atoms with Gasteiger partial charge in [0, 0.05) is 43.7 Å². The van der Waals surface area contributed by atoms with Crippen molar-refractivity contribution < 1.29 is 18.0 Å². The molecule has 0 fully saturated rings. The molecule has 0 spiro atoms. The normalized spacial score (nSPS) is 12.2. The molecular weight excluding hydrogens is 595 g/mol. The number of hydrogen-bond acceptors (Lipinski definition) is 4. The average Bonchev–Trinajstić information content (AvgIpc) is 2.95. The third-order valence-corrected chi connectivity index (χ3v) is 9.22. The first kappa shape index (κ1) is 33.4. The molecular formula is C31H38Cl2N4O4S. The molecule has 1 unspecified atom stereocenters. The van der Waals surface area contributed by atoms with Crippen molar-refractivity contribution in [2.75, 3.05) is 31.5 Å². The lowest BCUT2D eigenvalue weighted by Crippen LogP contribution is -2.54. The zero-order valence-electron chi connectivity index (χ0n) is 24.6. The highest BCUT2D eigenvalue weighted by molar-refractivity contribution is 7.90. The number of carbonyl (C=O) groups is 2. The van der Waals surface area contributed by atoms with Crippen LogP contribution in [0.25, 0.3) is 0 Å². The number of aryl methyl sites for hydroxylation is 2. The summed E-state index contributed by atoms with van der Waals surface area (Å²) in [5.41, 5.74) is 3.34. The third-order valence-electron chi connectivity index (χ3n) is 6.83. The van der Waals surface area contributed by atoms with E-state index in [9.17, 15) is 18.0 Å². The van der Waals surface area contributed by atoms with Crippen molar-refractivity contribution in [1.29, 1.82) is 0 Å². The number of anilines is 1. The van der Waals surface area contributed by atoms with Crippen molar-refractivity contribution >= 4 is 50.9 Å². The molecule has 0 radical (unpaired) electrons. The quantitative estimate of drug-likeness (QED) is 0.274.